The molecule has 68 valence electrons. The number of aliphatic imine (C=N–C) groups is 2. The highest BCUT2D eigenvalue weighted by Crippen LogP contribution is 2.35. The molecule has 3 atom stereocenters. The van der Waals surface area contributed by atoms with Gasteiger partial charge in [0, 0.05) is 43.3 Å². The van der Waals surface area contributed by atoms with E-state index in [0.29, 0.717) is 11.8 Å². The van der Waals surface area contributed by atoms with E-state index in [0.717, 1.165) is 25.4 Å². The lowest BCUT2D eigenvalue weighted by molar-refractivity contribution is 0.354. The van der Waals surface area contributed by atoms with Gasteiger partial charge in [0.2, 0.25) is 0 Å². The van der Waals surface area contributed by atoms with Gasteiger partial charge in [0.1, 0.15) is 0 Å². The third kappa shape index (κ3) is 1.08. The molecule has 0 bridgehead atoms. The molecule has 2 nitrogen and oxygen atoms in total. The zero-order valence-corrected chi connectivity index (χ0v) is 7.69. The summed E-state index contributed by atoms with van der Waals surface area (Å²) in [5.41, 5.74) is 1.44. The van der Waals surface area contributed by atoms with Crippen molar-refractivity contribution in [2.75, 3.05) is 13.1 Å². The first kappa shape index (κ1) is 7.48. The summed E-state index contributed by atoms with van der Waals surface area (Å²) in [6.45, 7) is 2.04. The molecule has 1 aliphatic carbocycles. The van der Waals surface area contributed by atoms with Gasteiger partial charge in [0.25, 0.3) is 0 Å². The van der Waals surface area contributed by atoms with Gasteiger partial charge < -0.3 is 0 Å². The first-order valence-corrected chi connectivity index (χ1v) is 5.13. The van der Waals surface area contributed by atoms with Crippen LogP contribution in [0.15, 0.2) is 22.1 Å². The lowest BCUT2D eigenvalue weighted by Gasteiger charge is -2.33. The predicted molar refractivity (Wildman–Crippen MR) is 54.5 cm³/mol. The molecule has 0 fully saturated rings. The van der Waals surface area contributed by atoms with Gasteiger partial charge in [-0.25, -0.2) is 0 Å². The van der Waals surface area contributed by atoms with Gasteiger partial charge in [-0.1, -0.05) is 12.2 Å². The normalized spacial score (nSPS) is 41.2. The molecule has 2 heteroatoms. The van der Waals surface area contributed by atoms with Crippen LogP contribution in [0.4, 0.5) is 0 Å². The van der Waals surface area contributed by atoms with Crippen molar-refractivity contribution in [2.24, 2.45) is 27.7 Å². The summed E-state index contributed by atoms with van der Waals surface area (Å²) in [6, 6.07) is 0. The number of allylic oxidation sites excluding steroid dienone is 2. The number of nitrogens with zero attached hydrogens (tertiary/aromatic N) is 2. The largest absolute Gasteiger partial charge is 0.297 e. The molecule has 0 aromatic heterocycles. The Balaban J connectivity index is 1.92. The maximum Gasteiger partial charge on any atom is 0.0470 e. The monoisotopic (exact) mass is 174 g/mol. The molecule has 0 aromatic carbocycles. The molecule has 3 aliphatic rings. The molecule has 0 N–H and O–H groups in total. The van der Waals surface area contributed by atoms with Gasteiger partial charge >= 0.3 is 0 Å². The van der Waals surface area contributed by atoms with Crippen LogP contribution in [0, 0.1) is 17.8 Å². The van der Waals surface area contributed by atoms with Crippen LogP contribution < -0.4 is 0 Å². The van der Waals surface area contributed by atoms with E-state index in [9.17, 15) is 0 Å². The second-order valence-electron chi connectivity index (χ2n) is 4.19. The Hall–Kier alpha value is -0.920. The molecular weight excluding hydrogens is 160 g/mol. The fraction of sp³-hybridized carbons (Fsp3) is 0.636. The molecule has 3 rings (SSSR count). The summed E-state index contributed by atoms with van der Waals surface area (Å²) in [5.74, 6) is 2.14. The highest BCUT2D eigenvalue weighted by molar-refractivity contribution is 5.91. The Morgan fingerprint density at radius 1 is 1.23 bits per heavy atom. The SMILES string of the molecule is C1=CCC2C(=NCC3C=NCC32)C1. The van der Waals surface area contributed by atoms with Crippen LogP contribution in [-0.2, 0) is 0 Å². The average Bonchev–Trinajstić information content (AvgIpc) is 2.65. The van der Waals surface area contributed by atoms with E-state index in [-0.39, 0.29) is 0 Å². The Morgan fingerprint density at radius 2 is 2.23 bits per heavy atom. The maximum atomic E-state index is 4.67. The van der Waals surface area contributed by atoms with Crippen LogP contribution in [0.1, 0.15) is 12.8 Å². The van der Waals surface area contributed by atoms with Gasteiger partial charge in [-0.05, 0) is 12.3 Å². The summed E-state index contributed by atoms with van der Waals surface area (Å²) in [5, 5.41) is 0. The molecule has 0 spiro atoms. The third-order valence-corrected chi connectivity index (χ3v) is 3.50. The quantitative estimate of drug-likeness (QED) is 0.500. The van der Waals surface area contributed by atoms with Crippen molar-refractivity contribution in [1.82, 2.24) is 0 Å². The second-order valence-corrected chi connectivity index (χ2v) is 4.19. The number of fused-ring (bicyclic) bond motifs is 3. The Bertz CT molecular complexity index is 301. The van der Waals surface area contributed by atoms with E-state index >= 15 is 0 Å². The highest BCUT2D eigenvalue weighted by atomic mass is 14.9. The second kappa shape index (κ2) is 2.79. The van der Waals surface area contributed by atoms with Gasteiger partial charge in [-0.3, -0.25) is 9.98 Å². The van der Waals surface area contributed by atoms with E-state index in [4.69, 9.17) is 0 Å². The third-order valence-electron chi connectivity index (χ3n) is 3.50. The van der Waals surface area contributed by atoms with Crippen molar-refractivity contribution < 1.29 is 0 Å². The number of rotatable bonds is 0. The maximum absolute atomic E-state index is 4.67. The molecule has 2 heterocycles. The van der Waals surface area contributed by atoms with Crippen LogP contribution in [0.25, 0.3) is 0 Å². The molecular formula is C11H14N2. The van der Waals surface area contributed by atoms with E-state index in [2.05, 4.69) is 28.4 Å². The summed E-state index contributed by atoms with van der Waals surface area (Å²) in [6.07, 6.45) is 8.98. The smallest absolute Gasteiger partial charge is 0.0470 e. The highest BCUT2D eigenvalue weighted by Gasteiger charge is 2.37. The first-order valence-electron chi connectivity index (χ1n) is 5.13. The van der Waals surface area contributed by atoms with Gasteiger partial charge in [-0.2, -0.15) is 0 Å². The summed E-state index contributed by atoms with van der Waals surface area (Å²) in [4.78, 5) is 9.06. The average molecular weight is 174 g/mol. The van der Waals surface area contributed by atoms with Gasteiger partial charge in [0.15, 0.2) is 0 Å². The fourth-order valence-corrected chi connectivity index (χ4v) is 2.73. The summed E-state index contributed by atoms with van der Waals surface area (Å²) in [7, 11) is 0. The predicted octanol–water partition coefficient (Wildman–Crippen LogP) is 1.72. The van der Waals surface area contributed by atoms with Crippen molar-refractivity contribution >= 4 is 11.9 Å². The summed E-state index contributed by atoms with van der Waals surface area (Å²) >= 11 is 0. The lowest BCUT2D eigenvalue weighted by Crippen LogP contribution is -2.36. The van der Waals surface area contributed by atoms with Crippen molar-refractivity contribution in [2.45, 2.75) is 12.8 Å². The minimum absolute atomic E-state index is 0.653. The van der Waals surface area contributed by atoms with Crippen molar-refractivity contribution in [3.63, 3.8) is 0 Å². The van der Waals surface area contributed by atoms with Crippen molar-refractivity contribution in [3.8, 4) is 0 Å². The zero-order valence-electron chi connectivity index (χ0n) is 7.69. The minimum atomic E-state index is 0.653. The van der Waals surface area contributed by atoms with E-state index in [1.54, 1.807) is 0 Å². The molecule has 0 aromatic rings. The molecule has 0 saturated carbocycles. The Kier molecular flexibility index (Phi) is 1.61. The van der Waals surface area contributed by atoms with Crippen LogP contribution in [-0.4, -0.2) is 25.0 Å². The van der Waals surface area contributed by atoms with E-state index in [1.807, 2.05) is 0 Å². The van der Waals surface area contributed by atoms with Gasteiger partial charge in [0.05, 0.1) is 0 Å². The van der Waals surface area contributed by atoms with Crippen LogP contribution in [0.2, 0.25) is 0 Å². The topological polar surface area (TPSA) is 24.7 Å². The number of hydrogen-bond donors (Lipinski definition) is 0. The number of hydrogen-bond acceptors (Lipinski definition) is 2. The Morgan fingerprint density at radius 3 is 3.23 bits per heavy atom. The van der Waals surface area contributed by atoms with Crippen LogP contribution in [0.3, 0.4) is 0 Å². The summed E-state index contributed by atoms with van der Waals surface area (Å²) < 4.78 is 0. The van der Waals surface area contributed by atoms with Crippen LogP contribution >= 0.6 is 0 Å². The van der Waals surface area contributed by atoms with Crippen molar-refractivity contribution in [3.05, 3.63) is 12.2 Å². The van der Waals surface area contributed by atoms with Crippen molar-refractivity contribution in [1.29, 1.82) is 0 Å². The van der Waals surface area contributed by atoms with E-state index < -0.39 is 0 Å². The Labute approximate surface area is 78.5 Å². The first-order chi connectivity index (χ1) is 6.45. The molecule has 3 unspecified atom stereocenters. The standard InChI is InChI=1S/C11H14N2/c1-2-4-11-9(3-1)10-7-12-5-8(10)6-13-11/h1-2,5,8-10H,3-4,6-7H2. The van der Waals surface area contributed by atoms with Gasteiger partial charge in [-0.15, -0.1) is 0 Å². The molecule has 2 aliphatic heterocycles. The molecule has 13 heavy (non-hydrogen) atoms. The molecule has 0 saturated heterocycles. The van der Waals surface area contributed by atoms with Crippen LogP contribution in [0.5, 0.6) is 0 Å². The molecule has 0 radical (unpaired) electrons. The van der Waals surface area contributed by atoms with E-state index in [1.165, 1.54) is 12.1 Å². The fourth-order valence-electron chi connectivity index (χ4n) is 2.73. The minimum Gasteiger partial charge on any atom is -0.297 e. The lowest BCUT2D eigenvalue weighted by atomic mass is 9.74. The zero-order chi connectivity index (χ0) is 8.67. The molecule has 0 amide bonds.